The van der Waals surface area contributed by atoms with Crippen molar-refractivity contribution in [1.82, 2.24) is 20.3 Å². The number of carbonyl (C=O) groups is 2. The summed E-state index contributed by atoms with van der Waals surface area (Å²) in [6, 6.07) is 5.94. The highest BCUT2D eigenvalue weighted by molar-refractivity contribution is 9.10. The standard InChI is InChI=1S/C16H22BrN5O2.C2HF3O2/c1-24-15-5-4-12(10-13(15)17)6-9-22-11-14(20-21-22)16(23)19-8-3-2-7-18;3-2(4,5)1(6)7/h4-5,10-11H,2-3,6-9,18H2,1H3,(H,19,23);(H,6,7). The van der Waals surface area contributed by atoms with Crippen molar-refractivity contribution >= 4 is 27.8 Å². The van der Waals surface area contributed by atoms with Gasteiger partial charge >= 0.3 is 12.1 Å². The van der Waals surface area contributed by atoms with Crippen LogP contribution in [0.15, 0.2) is 28.9 Å². The maximum atomic E-state index is 11.9. The van der Waals surface area contributed by atoms with Crippen molar-refractivity contribution in [3.05, 3.63) is 40.1 Å². The van der Waals surface area contributed by atoms with Gasteiger partial charge < -0.3 is 20.9 Å². The number of hydrogen-bond donors (Lipinski definition) is 3. The van der Waals surface area contributed by atoms with Crippen molar-refractivity contribution in [3.8, 4) is 5.75 Å². The second-order valence-corrected chi connectivity index (χ2v) is 6.99. The molecule has 0 aliphatic carbocycles. The molecule has 0 saturated carbocycles. The van der Waals surface area contributed by atoms with E-state index < -0.39 is 12.1 Å². The first kappa shape index (κ1) is 26.4. The van der Waals surface area contributed by atoms with Gasteiger partial charge in [0.2, 0.25) is 0 Å². The van der Waals surface area contributed by atoms with Crippen molar-refractivity contribution in [1.29, 1.82) is 0 Å². The molecule has 0 radical (unpaired) electrons. The predicted molar refractivity (Wildman–Crippen MR) is 109 cm³/mol. The van der Waals surface area contributed by atoms with E-state index >= 15 is 0 Å². The Hall–Kier alpha value is -2.67. The van der Waals surface area contributed by atoms with E-state index in [0.29, 0.717) is 25.3 Å². The average Bonchev–Trinajstić information content (AvgIpc) is 3.18. The lowest BCUT2D eigenvalue weighted by Gasteiger charge is -2.06. The van der Waals surface area contributed by atoms with Crippen LogP contribution >= 0.6 is 15.9 Å². The molecule has 0 atom stereocenters. The molecule has 1 heterocycles. The smallest absolute Gasteiger partial charge is 0.490 e. The van der Waals surface area contributed by atoms with Gasteiger partial charge in [-0.3, -0.25) is 9.48 Å². The second-order valence-electron chi connectivity index (χ2n) is 6.14. The summed E-state index contributed by atoms with van der Waals surface area (Å²) < 4.78 is 39.5. The number of aryl methyl sites for hydroxylation is 2. The topological polar surface area (TPSA) is 132 Å². The van der Waals surface area contributed by atoms with Crippen LogP contribution in [0.2, 0.25) is 0 Å². The largest absolute Gasteiger partial charge is 0.496 e. The minimum Gasteiger partial charge on any atom is -0.496 e. The number of nitrogens with one attached hydrogen (secondary N) is 1. The fraction of sp³-hybridized carbons (Fsp3) is 0.444. The molecule has 1 aromatic carbocycles. The van der Waals surface area contributed by atoms with E-state index in [2.05, 4.69) is 31.6 Å². The van der Waals surface area contributed by atoms with Crippen molar-refractivity contribution in [3.63, 3.8) is 0 Å². The zero-order valence-corrected chi connectivity index (χ0v) is 18.2. The summed E-state index contributed by atoms with van der Waals surface area (Å²) >= 11 is 3.47. The molecule has 2 rings (SSSR count). The van der Waals surface area contributed by atoms with E-state index in [-0.39, 0.29) is 5.91 Å². The number of nitrogens with two attached hydrogens (primary N) is 1. The highest BCUT2D eigenvalue weighted by Gasteiger charge is 2.38. The van der Waals surface area contributed by atoms with Crippen molar-refractivity contribution in [2.45, 2.75) is 32.0 Å². The molecule has 9 nitrogen and oxygen atoms in total. The molecule has 2 aromatic rings. The fourth-order valence-electron chi connectivity index (χ4n) is 2.18. The summed E-state index contributed by atoms with van der Waals surface area (Å²) in [6.45, 7) is 1.88. The molecule has 172 valence electrons. The number of hydrogen-bond acceptors (Lipinski definition) is 6. The highest BCUT2D eigenvalue weighted by Crippen LogP contribution is 2.25. The normalized spacial score (nSPS) is 10.8. The van der Waals surface area contributed by atoms with Gasteiger partial charge in [0.05, 0.1) is 17.8 Å². The zero-order valence-electron chi connectivity index (χ0n) is 16.7. The van der Waals surface area contributed by atoms with Crippen molar-refractivity contribution in [2.24, 2.45) is 5.73 Å². The van der Waals surface area contributed by atoms with Gasteiger partial charge in [-0.25, -0.2) is 4.79 Å². The Morgan fingerprint density at radius 1 is 1.32 bits per heavy atom. The van der Waals surface area contributed by atoms with Crippen LogP contribution in [-0.2, 0) is 17.8 Å². The maximum absolute atomic E-state index is 11.9. The first-order valence-corrected chi connectivity index (χ1v) is 9.88. The number of unbranched alkanes of at least 4 members (excludes halogenated alkanes) is 1. The van der Waals surface area contributed by atoms with Crippen molar-refractivity contribution < 1.29 is 32.6 Å². The third kappa shape index (κ3) is 9.79. The Labute approximate surface area is 184 Å². The van der Waals surface area contributed by atoms with Gasteiger partial charge in [-0.1, -0.05) is 11.3 Å². The molecule has 0 fully saturated rings. The molecule has 0 aliphatic rings. The summed E-state index contributed by atoms with van der Waals surface area (Å²) in [4.78, 5) is 20.8. The molecule has 0 saturated heterocycles. The molecule has 13 heteroatoms. The highest BCUT2D eigenvalue weighted by atomic mass is 79.9. The van der Waals surface area contributed by atoms with Gasteiger partial charge in [0.15, 0.2) is 5.69 Å². The average molecular weight is 510 g/mol. The van der Waals surface area contributed by atoms with Crippen LogP contribution in [-0.4, -0.2) is 58.4 Å². The summed E-state index contributed by atoms with van der Waals surface area (Å²) in [5.74, 6) is -2.16. The number of carbonyl (C=O) groups excluding carboxylic acids is 1. The molecule has 0 aliphatic heterocycles. The summed E-state index contributed by atoms with van der Waals surface area (Å²) in [5, 5.41) is 17.9. The first-order chi connectivity index (χ1) is 14.6. The number of benzene rings is 1. The van der Waals surface area contributed by atoms with Crippen LogP contribution in [0.3, 0.4) is 0 Å². The molecular weight excluding hydrogens is 487 g/mol. The number of alkyl halides is 3. The zero-order chi connectivity index (χ0) is 23.4. The van der Waals surface area contributed by atoms with E-state index in [1.54, 1.807) is 18.0 Å². The number of rotatable bonds is 9. The monoisotopic (exact) mass is 509 g/mol. The van der Waals surface area contributed by atoms with Crippen LogP contribution in [0.5, 0.6) is 5.75 Å². The van der Waals surface area contributed by atoms with Crippen LogP contribution < -0.4 is 15.8 Å². The number of nitrogens with zero attached hydrogens (tertiary/aromatic N) is 3. The van der Waals surface area contributed by atoms with Gasteiger partial charge in [0.1, 0.15) is 5.75 Å². The van der Waals surface area contributed by atoms with E-state index in [1.807, 2.05) is 18.2 Å². The van der Waals surface area contributed by atoms with Crippen LogP contribution in [0.1, 0.15) is 28.9 Å². The van der Waals surface area contributed by atoms with Gasteiger partial charge in [-0.05, 0) is 59.4 Å². The minimum absolute atomic E-state index is 0.203. The lowest BCUT2D eigenvalue weighted by atomic mass is 10.1. The first-order valence-electron chi connectivity index (χ1n) is 9.09. The molecule has 1 amide bonds. The third-order valence-electron chi connectivity index (χ3n) is 3.78. The second kappa shape index (κ2) is 12.9. The van der Waals surface area contributed by atoms with Gasteiger partial charge in [0.25, 0.3) is 5.91 Å². The number of halogens is 4. The van der Waals surface area contributed by atoms with Crippen molar-refractivity contribution in [2.75, 3.05) is 20.2 Å². The Morgan fingerprint density at radius 3 is 2.55 bits per heavy atom. The summed E-state index contributed by atoms with van der Waals surface area (Å²) in [5.41, 5.74) is 6.89. The van der Waals surface area contributed by atoms with E-state index in [1.165, 1.54) is 0 Å². The quantitative estimate of drug-likeness (QED) is 0.442. The Balaban J connectivity index is 0.000000592. The van der Waals surface area contributed by atoms with Gasteiger partial charge in [-0.15, -0.1) is 5.10 Å². The van der Waals surface area contributed by atoms with Gasteiger partial charge in [-0.2, -0.15) is 13.2 Å². The Kier molecular flexibility index (Phi) is 11.0. The van der Waals surface area contributed by atoms with Crippen LogP contribution in [0.4, 0.5) is 13.2 Å². The number of carboxylic acids is 1. The number of ether oxygens (including phenoxy) is 1. The van der Waals surface area contributed by atoms with E-state index in [4.69, 9.17) is 20.4 Å². The number of methoxy groups -OCH3 is 1. The fourth-order valence-corrected chi connectivity index (χ4v) is 2.77. The SMILES string of the molecule is COc1ccc(CCn2cc(C(=O)NCCCCN)nn2)cc1Br.O=C(O)C(F)(F)F. The lowest BCUT2D eigenvalue weighted by molar-refractivity contribution is -0.192. The summed E-state index contributed by atoms with van der Waals surface area (Å²) in [6.07, 6.45) is -0.881. The number of aromatic nitrogens is 3. The predicted octanol–water partition coefficient (Wildman–Crippen LogP) is 2.39. The van der Waals surface area contributed by atoms with Gasteiger partial charge in [0, 0.05) is 13.1 Å². The number of aliphatic carboxylic acids is 1. The number of carboxylic acid groups (broad SMARTS) is 1. The molecule has 31 heavy (non-hydrogen) atoms. The Bertz CT molecular complexity index is 861. The molecule has 1 aromatic heterocycles. The minimum atomic E-state index is -5.08. The molecule has 4 N–H and O–H groups in total. The van der Waals surface area contributed by atoms with Crippen LogP contribution in [0.25, 0.3) is 0 Å². The molecular formula is C18H23BrF3N5O4. The Morgan fingerprint density at radius 2 is 2.00 bits per heavy atom. The van der Waals surface area contributed by atoms with Crippen LogP contribution in [0, 0.1) is 0 Å². The molecule has 0 unspecified atom stereocenters. The molecule has 0 bridgehead atoms. The lowest BCUT2D eigenvalue weighted by Crippen LogP contribution is -2.25. The maximum Gasteiger partial charge on any atom is 0.490 e. The number of amides is 1. The third-order valence-corrected chi connectivity index (χ3v) is 4.40. The summed E-state index contributed by atoms with van der Waals surface area (Å²) in [7, 11) is 1.64. The van der Waals surface area contributed by atoms with E-state index in [9.17, 15) is 18.0 Å². The van der Waals surface area contributed by atoms with E-state index in [0.717, 1.165) is 35.0 Å². The molecule has 0 spiro atoms.